The fraction of sp³-hybridized carbons (Fsp3) is 0.316. The highest BCUT2D eigenvalue weighted by Crippen LogP contribution is 2.44. The molecule has 3 rings (SSSR count). The predicted molar refractivity (Wildman–Crippen MR) is 92.9 cm³/mol. The molecule has 1 aliphatic carbocycles. The zero-order valence-electron chi connectivity index (χ0n) is 13.1. The molecule has 2 aromatic carbocycles. The van der Waals surface area contributed by atoms with Crippen LogP contribution in [-0.4, -0.2) is 11.9 Å². The molecule has 0 spiro atoms. The van der Waals surface area contributed by atoms with Gasteiger partial charge in [0.25, 0.3) is 0 Å². The fourth-order valence-electron chi connectivity index (χ4n) is 2.82. The second-order valence-electron chi connectivity index (χ2n) is 6.58. The van der Waals surface area contributed by atoms with Gasteiger partial charge in [0, 0.05) is 16.4 Å². The van der Waals surface area contributed by atoms with E-state index in [2.05, 4.69) is 27.3 Å². The minimum Gasteiger partial charge on any atom is -0.352 e. The summed E-state index contributed by atoms with van der Waals surface area (Å²) in [7, 11) is 0. The third kappa shape index (κ3) is 3.32. The van der Waals surface area contributed by atoms with Crippen molar-refractivity contribution >= 4 is 21.8 Å². The third-order valence-corrected chi connectivity index (χ3v) is 5.27. The van der Waals surface area contributed by atoms with Crippen molar-refractivity contribution in [1.29, 1.82) is 0 Å². The lowest BCUT2D eigenvalue weighted by molar-refractivity contribution is -0.125. The molecule has 1 fully saturated rings. The van der Waals surface area contributed by atoms with E-state index in [-0.39, 0.29) is 17.8 Å². The maximum Gasteiger partial charge on any atom is 0.230 e. The van der Waals surface area contributed by atoms with Gasteiger partial charge >= 0.3 is 0 Å². The molecule has 0 radical (unpaired) electrons. The van der Waals surface area contributed by atoms with Crippen LogP contribution >= 0.6 is 15.9 Å². The van der Waals surface area contributed by atoms with Gasteiger partial charge in [0.15, 0.2) is 0 Å². The quantitative estimate of drug-likeness (QED) is 0.834. The fourth-order valence-corrected chi connectivity index (χ4v) is 3.40. The normalized spacial score (nSPS) is 20.2. The molecule has 120 valence electrons. The number of halogens is 2. The van der Waals surface area contributed by atoms with E-state index in [1.807, 2.05) is 32.0 Å². The third-order valence-electron chi connectivity index (χ3n) is 4.55. The molecular formula is C19H19BrFNO. The number of carbonyl (C=O) groups excluding carboxylic acids is 1. The van der Waals surface area contributed by atoms with Crippen molar-refractivity contribution in [2.24, 2.45) is 0 Å². The summed E-state index contributed by atoms with van der Waals surface area (Å²) in [6, 6.07) is 14.4. The molecule has 0 heterocycles. The number of carbonyl (C=O) groups is 1. The lowest BCUT2D eigenvalue weighted by atomic mass is 9.83. The van der Waals surface area contributed by atoms with E-state index in [4.69, 9.17) is 0 Å². The second kappa shape index (κ2) is 6.08. The van der Waals surface area contributed by atoms with Crippen LogP contribution in [0.25, 0.3) is 0 Å². The largest absolute Gasteiger partial charge is 0.352 e. The van der Waals surface area contributed by atoms with Gasteiger partial charge < -0.3 is 5.32 Å². The molecule has 0 unspecified atom stereocenters. The summed E-state index contributed by atoms with van der Waals surface area (Å²) in [6.07, 6.45) is 0.952. The minimum absolute atomic E-state index is 0.0244. The Labute approximate surface area is 144 Å². The smallest absolute Gasteiger partial charge is 0.230 e. The molecule has 1 N–H and O–H groups in total. The van der Waals surface area contributed by atoms with Crippen LogP contribution in [0.3, 0.4) is 0 Å². The topological polar surface area (TPSA) is 29.1 Å². The van der Waals surface area contributed by atoms with Crippen LogP contribution in [0, 0.1) is 5.82 Å². The summed E-state index contributed by atoms with van der Waals surface area (Å²) in [5, 5.41) is 3.13. The van der Waals surface area contributed by atoms with Gasteiger partial charge in [-0.1, -0.05) is 46.3 Å². The number of nitrogens with one attached hydrogen (secondary N) is 1. The number of rotatable bonds is 4. The summed E-state index contributed by atoms with van der Waals surface area (Å²) in [6.45, 7) is 3.73. The standard InChI is InChI=1S/C19H19BrFNO/c1-19(2,12-7-9-13(21)10-8-12)18(23)22-17-11-15(17)14-5-3-4-6-16(14)20/h3-10,15,17H,11H2,1-2H3,(H,22,23)/t15-,17+/m0/s1. The molecule has 1 saturated carbocycles. The van der Waals surface area contributed by atoms with Crippen molar-refractivity contribution in [1.82, 2.24) is 5.32 Å². The summed E-state index contributed by atoms with van der Waals surface area (Å²) >= 11 is 3.57. The van der Waals surface area contributed by atoms with Crippen LogP contribution in [0.1, 0.15) is 37.3 Å². The second-order valence-corrected chi connectivity index (χ2v) is 7.43. The number of amides is 1. The Morgan fingerprint density at radius 2 is 1.83 bits per heavy atom. The molecule has 4 heteroatoms. The Hall–Kier alpha value is -1.68. The summed E-state index contributed by atoms with van der Waals surface area (Å²) in [4.78, 5) is 12.6. The lowest BCUT2D eigenvalue weighted by Crippen LogP contribution is -2.41. The first-order valence-corrected chi connectivity index (χ1v) is 8.50. The average molecular weight is 376 g/mol. The van der Waals surface area contributed by atoms with Gasteiger partial charge in [0.2, 0.25) is 5.91 Å². The van der Waals surface area contributed by atoms with Crippen LogP contribution in [0.15, 0.2) is 53.0 Å². The molecule has 1 amide bonds. The molecule has 0 aromatic heterocycles. The minimum atomic E-state index is -0.686. The van der Waals surface area contributed by atoms with Gasteiger partial charge in [0.05, 0.1) is 5.41 Å². The van der Waals surface area contributed by atoms with Crippen LogP contribution in [0.5, 0.6) is 0 Å². The Balaban J connectivity index is 1.68. The Kier molecular flexibility index (Phi) is 4.28. The van der Waals surface area contributed by atoms with Crippen molar-refractivity contribution in [2.75, 3.05) is 0 Å². The number of hydrogen-bond donors (Lipinski definition) is 1. The Bertz CT molecular complexity index is 726. The number of benzene rings is 2. The number of hydrogen-bond acceptors (Lipinski definition) is 1. The van der Waals surface area contributed by atoms with E-state index in [0.717, 1.165) is 16.5 Å². The summed E-state index contributed by atoms with van der Waals surface area (Å²) < 4.78 is 14.2. The highest BCUT2D eigenvalue weighted by atomic mass is 79.9. The summed E-state index contributed by atoms with van der Waals surface area (Å²) in [5.74, 6) is 0.0448. The highest BCUT2D eigenvalue weighted by molar-refractivity contribution is 9.10. The van der Waals surface area contributed by atoms with Crippen LogP contribution in [0.4, 0.5) is 4.39 Å². The lowest BCUT2D eigenvalue weighted by Gasteiger charge is -2.24. The summed E-state index contributed by atoms with van der Waals surface area (Å²) in [5.41, 5.74) is 1.36. The molecule has 0 saturated heterocycles. The molecule has 2 aromatic rings. The molecular weight excluding hydrogens is 357 g/mol. The first kappa shape index (κ1) is 16.2. The van der Waals surface area contributed by atoms with Crippen LogP contribution in [-0.2, 0) is 10.2 Å². The van der Waals surface area contributed by atoms with Gasteiger partial charge in [0.1, 0.15) is 5.82 Å². The van der Waals surface area contributed by atoms with E-state index < -0.39 is 5.41 Å². The molecule has 1 aliphatic rings. The molecule has 23 heavy (non-hydrogen) atoms. The molecule has 2 nitrogen and oxygen atoms in total. The van der Waals surface area contributed by atoms with Crippen molar-refractivity contribution in [3.8, 4) is 0 Å². The zero-order chi connectivity index (χ0) is 16.6. The monoisotopic (exact) mass is 375 g/mol. The average Bonchev–Trinajstić information content (AvgIpc) is 3.27. The van der Waals surface area contributed by atoms with Crippen LogP contribution in [0.2, 0.25) is 0 Å². The van der Waals surface area contributed by atoms with Crippen molar-refractivity contribution in [3.63, 3.8) is 0 Å². The van der Waals surface area contributed by atoms with Crippen molar-refractivity contribution in [2.45, 2.75) is 37.6 Å². The Morgan fingerprint density at radius 3 is 2.48 bits per heavy atom. The van der Waals surface area contributed by atoms with Gasteiger partial charge in [-0.25, -0.2) is 4.39 Å². The van der Waals surface area contributed by atoms with E-state index in [0.29, 0.717) is 5.92 Å². The van der Waals surface area contributed by atoms with Gasteiger partial charge in [-0.3, -0.25) is 4.79 Å². The van der Waals surface area contributed by atoms with Gasteiger partial charge in [-0.2, -0.15) is 0 Å². The van der Waals surface area contributed by atoms with Gasteiger partial charge in [-0.05, 0) is 49.6 Å². The van der Waals surface area contributed by atoms with Gasteiger partial charge in [-0.15, -0.1) is 0 Å². The first-order chi connectivity index (χ1) is 10.9. The first-order valence-electron chi connectivity index (χ1n) is 7.71. The highest BCUT2D eigenvalue weighted by Gasteiger charge is 2.43. The predicted octanol–water partition coefficient (Wildman–Crippen LogP) is 4.54. The SMILES string of the molecule is CC(C)(C(=O)N[C@@H]1C[C@H]1c1ccccc1Br)c1ccc(F)cc1. The molecule has 2 atom stereocenters. The molecule has 0 aliphatic heterocycles. The zero-order valence-corrected chi connectivity index (χ0v) is 14.7. The maximum atomic E-state index is 13.1. The Morgan fingerprint density at radius 1 is 1.17 bits per heavy atom. The van der Waals surface area contributed by atoms with Crippen molar-refractivity contribution in [3.05, 3.63) is 69.9 Å². The maximum absolute atomic E-state index is 13.1. The molecule has 0 bridgehead atoms. The van der Waals surface area contributed by atoms with Crippen molar-refractivity contribution < 1.29 is 9.18 Å². The van der Waals surface area contributed by atoms with E-state index in [1.54, 1.807) is 12.1 Å². The van der Waals surface area contributed by atoms with E-state index in [1.165, 1.54) is 17.7 Å². The van der Waals surface area contributed by atoms with Crippen LogP contribution < -0.4 is 5.32 Å². The van der Waals surface area contributed by atoms with E-state index in [9.17, 15) is 9.18 Å². The van der Waals surface area contributed by atoms with E-state index >= 15 is 0 Å².